The zero-order valence-corrected chi connectivity index (χ0v) is 16.1. The van der Waals surface area contributed by atoms with Gasteiger partial charge in [0.15, 0.2) is 0 Å². The quantitative estimate of drug-likeness (QED) is 0.776. The molecule has 2 heterocycles. The summed E-state index contributed by atoms with van der Waals surface area (Å²) in [5, 5.41) is 5.78. The second-order valence-electron chi connectivity index (χ2n) is 6.09. The number of hydrogen-bond donors (Lipinski definition) is 2. The van der Waals surface area contributed by atoms with Crippen molar-refractivity contribution in [3.05, 3.63) is 86.2 Å². The molecule has 1 aliphatic rings. The third-order valence-corrected chi connectivity index (χ3v) is 4.88. The van der Waals surface area contributed by atoms with Gasteiger partial charge in [0.2, 0.25) is 5.78 Å². The normalized spacial score (nSPS) is 17.8. The molecule has 0 atom stereocenters. The second kappa shape index (κ2) is 7.70. The highest BCUT2D eigenvalue weighted by Gasteiger charge is 2.33. The number of carbonyl (C=O) groups is 2. The van der Waals surface area contributed by atoms with E-state index in [0.717, 1.165) is 0 Å². The van der Waals surface area contributed by atoms with Crippen LogP contribution in [0.5, 0.6) is 0 Å². The van der Waals surface area contributed by atoms with Crippen LogP contribution >= 0.6 is 11.6 Å². The predicted octanol–water partition coefficient (Wildman–Crippen LogP) is 1.75. The summed E-state index contributed by atoms with van der Waals surface area (Å²) in [6.07, 6.45) is 6.35. The number of aromatic amines is 2. The number of nitrogens with zero attached hydrogens (tertiary/aromatic N) is 1. The predicted molar refractivity (Wildman–Crippen MR) is 111 cm³/mol. The van der Waals surface area contributed by atoms with Gasteiger partial charge in [-0.25, -0.2) is 0 Å². The molecule has 3 rings (SSSR count). The van der Waals surface area contributed by atoms with Crippen LogP contribution in [0.3, 0.4) is 0 Å². The van der Waals surface area contributed by atoms with Gasteiger partial charge in [0.1, 0.15) is 5.57 Å². The van der Waals surface area contributed by atoms with Crippen molar-refractivity contribution in [2.45, 2.75) is 6.92 Å². The Morgan fingerprint density at radius 2 is 1.89 bits per heavy atom. The number of para-hydroxylation sites is 1. The summed E-state index contributed by atoms with van der Waals surface area (Å²) < 4.78 is 0. The molecule has 2 N–H and O–H groups in total. The van der Waals surface area contributed by atoms with Gasteiger partial charge in [-0.3, -0.25) is 24.6 Å². The Morgan fingerprint density at radius 1 is 1.18 bits per heavy atom. The van der Waals surface area contributed by atoms with Gasteiger partial charge in [-0.15, -0.1) is 0 Å². The van der Waals surface area contributed by atoms with E-state index in [2.05, 4.69) is 16.8 Å². The number of benzene rings is 1. The number of allylic oxidation sites excluding steroid dienone is 5. The molecule has 1 amide bonds. The lowest BCUT2D eigenvalue weighted by Gasteiger charge is -2.25. The highest BCUT2D eigenvalue weighted by Crippen LogP contribution is 2.28. The minimum Gasteiger partial charge on any atom is -0.310 e. The summed E-state index contributed by atoms with van der Waals surface area (Å²) in [7, 11) is 1.58. The number of carbonyl (C=O) groups excluding carboxylic acids is 2. The van der Waals surface area contributed by atoms with Crippen LogP contribution in [0.2, 0.25) is 0 Å². The summed E-state index contributed by atoms with van der Waals surface area (Å²) >= 11 is 6.21. The lowest BCUT2D eigenvalue weighted by Crippen LogP contribution is -2.44. The maximum atomic E-state index is 13.0. The average molecular weight is 396 g/mol. The molecule has 0 spiro atoms. The van der Waals surface area contributed by atoms with Crippen LogP contribution in [-0.4, -0.2) is 28.9 Å². The molecule has 1 aromatic carbocycles. The number of Topliss-reactive ketones (excluding diaryl/α,β-unsaturated/α-hetero) is 1. The Kier molecular flexibility index (Phi) is 5.33. The lowest BCUT2D eigenvalue weighted by atomic mass is 9.95. The third kappa shape index (κ3) is 3.18. The van der Waals surface area contributed by atoms with Crippen LogP contribution in [0.4, 0.5) is 5.69 Å². The Bertz CT molecular complexity index is 1230. The molecule has 0 saturated carbocycles. The number of ketones is 1. The number of rotatable bonds is 3. The van der Waals surface area contributed by atoms with E-state index in [-0.39, 0.29) is 16.1 Å². The minimum absolute atomic E-state index is 0.111. The van der Waals surface area contributed by atoms with Crippen LogP contribution in [-0.2, 0) is 4.79 Å². The van der Waals surface area contributed by atoms with E-state index in [0.29, 0.717) is 21.9 Å². The molecule has 1 aromatic heterocycles. The van der Waals surface area contributed by atoms with E-state index in [1.807, 2.05) is 0 Å². The molecular weight excluding hydrogens is 378 g/mol. The first kappa shape index (κ1) is 19.4. The van der Waals surface area contributed by atoms with Gasteiger partial charge in [0.25, 0.3) is 11.5 Å². The van der Waals surface area contributed by atoms with E-state index in [1.165, 1.54) is 17.1 Å². The van der Waals surface area contributed by atoms with Crippen LogP contribution in [0.25, 0.3) is 11.6 Å². The zero-order valence-electron chi connectivity index (χ0n) is 15.4. The molecule has 1 aliphatic heterocycles. The maximum Gasteiger partial charge on any atom is 0.271 e. The van der Waals surface area contributed by atoms with Gasteiger partial charge in [-0.2, -0.15) is 0 Å². The number of nitrogens with one attached hydrogen (secondary N) is 2. The van der Waals surface area contributed by atoms with Gasteiger partial charge in [-0.05, 0) is 30.7 Å². The Hall–Kier alpha value is -3.38. The molecule has 7 heteroatoms. The second-order valence-corrected chi connectivity index (χ2v) is 6.50. The molecule has 0 unspecified atom stereocenters. The monoisotopic (exact) mass is 395 g/mol. The van der Waals surface area contributed by atoms with Crippen LogP contribution in [0.1, 0.15) is 17.3 Å². The number of H-pyrrole nitrogens is 2. The largest absolute Gasteiger partial charge is 0.310 e. The van der Waals surface area contributed by atoms with Gasteiger partial charge >= 0.3 is 0 Å². The van der Waals surface area contributed by atoms with Crippen molar-refractivity contribution in [1.29, 1.82) is 0 Å². The third-order valence-electron chi connectivity index (χ3n) is 4.45. The summed E-state index contributed by atoms with van der Waals surface area (Å²) in [4.78, 5) is 39.7. The molecule has 0 saturated heterocycles. The number of hydrogen-bond acceptors (Lipinski definition) is 3. The SMILES string of the molecule is C=CC=C(C=c1c(=O)[nH][nH]c1=C1C(=O)c2ccccc2N(C)C1=O)C(Cl)=CC. The number of aromatic nitrogens is 2. The molecule has 2 aromatic rings. The van der Waals surface area contributed by atoms with Crippen LogP contribution in [0.15, 0.2) is 64.5 Å². The number of anilines is 1. The standard InChI is InChI=1S/C21H18ClN3O3/c1-4-8-12(15(22)5-2)11-14-18(23-24-20(14)27)17-19(26)13-9-6-7-10-16(13)25(3)21(17)28/h4-11,23H,1H2,2-3H3,(H,24,27). The Balaban J connectivity index is 2.39. The number of amides is 1. The summed E-state index contributed by atoms with van der Waals surface area (Å²) in [5.74, 6) is -0.949. The number of fused-ring (bicyclic) bond motifs is 1. The molecule has 28 heavy (non-hydrogen) atoms. The Morgan fingerprint density at radius 3 is 2.57 bits per heavy atom. The van der Waals surface area contributed by atoms with Gasteiger partial charge < -0.3 is 4.90 Å². The van der Waals surface area contributed by atoms with Crippen LogP contribution in [0, 0.1) is 0 Å². The summed E-state index contributed by atoms with van der Waals surface area (Å²) in [6, 6.07) is 6.82. The summed E-state index contributed by atoms with van der Waals surface area (Å²) in [6.45, 7) is 5.40. The van der Waals surface area contributed by atoms with Crippen molar-refractivity contribution in [3.8, 4) is 0 Å². The lowest BCUT2D eigenvalue weighted by molar-refractivity contribution is -0.113. The van der Waals surface area contributed by atoms with E-state index < -0.39 is 17.2 Å². The van der Waals surface area contributed by atoms with Crippen molar-refractivity contribution >= 4 is 40.6 Å². The topological polar surface area (TPSA) is 86.0 Å². The fourth-order valence-electron chi connectivity index (χ4n) is 3.04. The van der Waals surface area contributed by atoms with Gasteiger partial charge in [-0.1, -0.05) is 48.5 Å². The maximum absolute atomic E-state index is 13.0. The number of halogens is 1. The highest BCUT2D eigenvalue weighted by molar-refractivity contribution is 6.51. The zero-order chi connectivity index (χ0) is 20.4. The molecular formula is C21H18ClN3O3. The first-order chi connectivity index (χ1) is 13.4. The van der Waals surface area contributed by atoms with Crippen molar-refractivity contribution < 1.29 is 9.59 Å². The van der Waals surface area contributed by atoms with Gasteiger partial charge in [0.05, 0.1) is 16.3 Å². The van der Waals surface area contributed by atoms with Crippen molar-refractivity contribution in [2.75, 3.05) is 11.9 Å². The minimum atomic E-state index is -0.500. The fraction of sp³-hybridized carbons (Fsp3) is 0.0952. The molecule has 142 valence electrons. The molecule has 0 radical (unpaired) electrons. The molecule has 0 fully saturated rings. The average Bonchev–Trinajstić information content (AvgIpc) is 3.05. The Labute approximate surface area is 165 Å². The first-order valence-corrected chi connectivity index (χ1v) is 8.87. The molecule has 6 nitrogen and oxygen atoms in total. The van der Waals surface area contributed by atoms with E-state index >= 15 is 0 Å². The van der Waals surface area contributed by atoms with Gasteiger partial charge in [0, 0.05) is 17.6 Å². The smallest absolute Gasteiger partial charge is 0.271 e. The van der Waals surface area contributed by atoms with Crippen molar-refractivity contribution in [3.63, 3.8) is 0 Å². The molecule has 0 aliphatic carbocycles. The van der Waals surface area contributed by atoms with Crippen LogP contribution < -0.4 is 21.0 Å². The van der Waals surface area contributed by atoms with Crippen molar-refractivity contribution in [2.24, 2.45) is 0 Å². The highest BCUT2D eigenvalue weighted by atomic mass is 35.5. The van der Waals surface area contributed by atoms with E-state index in [9.17, 15) is 14.4 Å². The summed E-state index contributed by atoms with van der Waals surface area (Å²) in [5.41, 5.74) is 0.853. The van der Waals surface area contributed by atoms with Crippen molar-refractivity contribution in [1.82, 2.24) is 10.2 Å². The molecule has 0 bridgehead atoms. The van der Waals surface area contributed by atoms with E-state index in [4.69, 9.17) is 11.6 Å². The first-order valence-electron chi connectivity index (χ1n) is 8.50. The van der Waals surface area contributed by atoms with E-state index in [1.54, 1.807) is 50.4 Å². The fourth-order valence-corrected chi connectivity index (χ4v) is 3.15.